The number of carbonyl (C=O) groups is 1. The van der Waals surface area contributed by atoms with Gasteiger partial charge < -0.3 is 9.88 Å². The molecule has 0 unspecified atom stereocenters. The van der Waals surface area contributed by atoms with Crippen LogP contribution in [0.1, 0.15) is 20.8 Å². The van der Waals surface area contributed by atoms with E-state index in [1.165, 1.54) is 4.68 Å². The number of hydrogen-bond donors (Lipinski definition) is 1. The summed E-state index contributed by atoms with van der Waals surface area (Å²) in [4.78, 5) is 27.4. The second-order valence-corrected chi connectivity index (χ2v) is 8.44. The van der Waals surface area contributed by atoms with Crippen molar-refractivity contribution in [3.8, 4) is 16.9 Å². The van der Waals surface area contributed by atoms with Gasteiger partial charge in [-0.15, -0.1) is 11.3 Å². The lowest BCUT2D eigenvalue weighted by atomic mass is 10.1. The predicted octanol–water partition coefficient (Wildman–Crippen LogP) is 4.18. The number of thiophene rings is 1. The van der Waals surface area contributed by atoms with Crippen molar-refractivity contribution in [2.45, 2.75) is 13.1 Å². The van der Waals surface area contributed by atoms with E-state index in [2.05, 4.69) is 10.4 Å². The third-order valence-electron chi connectivity index (χ3n) is 5.18. The zero-order valence-corrected chi connectivity index (χ0v) is 18.0. The Bertz CT molecular complexity index is 1370. The van der Waals surface area contributed by atoms with Crippen molar-refractivity contribution in [2.75, 3.05) is 0 Å². The number of rotatable bonds is 6. The summed E-state index contributed by atoms with van der Waals surface area (Å²) in [5.41, 5.74) is 2.67. The number of para-hydroxylation sites is 1. The highest BCUT2D eigenvalue weighted by Gasteiger charge is 2.24. The molecule has 3 aromatic rings. The molecule has 7 heteroatoms. The van der Waals surface area contributed by atoms with Crippen molar-refractivity contribution in [1.82, 2.24) is 19.7 Å². The smallest absolute Gasteiger partial charge is 0.282 e. The molecule has 0 radical (unpaired) electrons. The molecule has 0 spiro atoms. The fraction of sp³-hybridized carbons (Fsp3) is 0.0800. The van der Waals surface area contributed by atoms with Crippen LogP contribution in [0.5, 0.6) is 0 Å². The Morgan fingerprint density at radius 1 is 0.938 bits per heavy atom. The van der Waals surface area contributed by atoms with Gasteiger partial charge >= 0.3 is 0 Å². The van der Waals surface area contributed by atoms with Gasteiger partial charge in [0.15, 0.2) is 0 Å². The monoisotopic (exact) mass is 440 g/mol. The zero-order chi connectivity index (χ0) is 21.9. The largest absolute Gasteiger partial charge is 0.348 e. The number of pyridine rings is 1. The SMILES string of the molecule is O=C(NCc1cccs1)c1cn(Cc2ccccc2)cc2c(=O)n(-c3ccccc3)nc1-2. The van der Waals surface area contributed by atoms with Gasteiger partial charge in [-0.3, -0.25) is 9.59 Å². The van der Waals surface area contributed by atoms with Gasteiger partial charge in [0.05, 0.1) is 23.4 Å². The van der Waals surface area contributed by atoms with Gasteiger partial charge in [-0.1, -0.05) is 54.6 Å². The summed E-state index contributed by atoms with van der Waals surface area (Å²) in [6, 6.07) is 23.1. The molecule has 5 rings (SSSR count). The van der Waals surface area contributed by atoms with Crippen LogP contribution in [0.4, 0.5) is 0 Å². The number of nitrogens with one attached hydrogen (secondary N) is 1. The highest BCUT2D eigenvalue weighted by atomic mass is 32.1. The first-order valence-corrected chi connectivity index (χ1v) is 11.1. The van der Waals surface area contributed by atoms with E-state index in [4.69, 9.17) is 0 Å². The van der Waals surface area contributed by atoms with E-state index in [-0.39, 0.29) is 11.5 Å². The molecule has 1 amide bonds. The van der Waals surface area contributed by atoms with Crippen LogP contribution in [0.25, 0.3) is 16.9 Å². The quantitative estimate of drug-likeness (QED) is 0.431. The van der Waals surface area contributed by atoms with Crippen molar-refractivity contribution in [3.63, 3.8) is 0 Å². The first-order chi connectivity index (χ1) is 15.7. The van der Waals surface area contributed by atoms with Crippen LogP contribution in [-0.4, -0.2) is 20.3 Å². The zero-order valence-electron chi connectivity index (χ0n) is 17.1. The lowest BCUT2D eigenvalue weighted by Crippen LogP contribution is -2.24. The maximum Gasteiger partial charge on any atom is 0.282 e. The summed E-state index contributed by atoms with van der Waals surface area (Å²) in [6.45, 7) is 0.965. The first kappa shape index (κ1) is 20.0. The maximum atomic E-state index is 13.2. The van der Waals surface area contributed by atoms with Crippen molar-refractivity contribution in [2.24, 2.45) is 0 Å². The van der Waals surface area contributed by atoms with Gasteiger partial charge in [0.2, 0.25) is 0 Å². The Morgan fingerprint density at radius 3 is 2.41 bits per heavy atom. The number of amides is 1. The molecule has 0 aliphatic carbocycles. The Hall–Kier alpha value is -3.97. The number of hydrogen-bond acceptors (Lipinski definition) is 4. The number of nitrogens with zero attached hydrogens (tertiary/aromatic N) is 3. The van der Waals surface area contributed by atoms with Crippen LogP contribution in [0.3, 0.4) is 0 Å². The van der Waals surface area contributed by atoms with Gasteiger partial charge in [-0.25, -0.2) is 0 Å². The van der Waals surface area contributed by atoms with Crippen molar-refractivity contribution in [3.05, 3.63) is 117 Å². The summed E-state index contributed by atoms with van der Waals surface area (Å²) in [6.07, 6.45) is 3.54. The molecule has 1 aromatic heterocycles. The van der Waals surface area contributed by atoms with Gasteiger partial charge in [-0.2, -0.15) is 9.78 Å². The van der Waals surface area contributed by atoms with E-state index < -0.39 is 0 Å². The lowest BCUT2D eigenvalue weighted by Gasteiger charge is -2.13. The standard InChI is InChI=1S/C25H20N4O2S/c30-24(26-14-20-12-7-13-32-20)21-16-28(15-18-8-3-1-4-9-18)17-22-23(21)27-29(25(22)31)19-10-5-2-6-11-19/h1-13,16-17H,14-15H2,(H,26,30). The summed E-state index contributed by atoms with van der Waals surface area (Å²) in [5.74, 6) is -0.261. The van der Waals surface area contributed by atoms with E-state index in [0.717, 1.165) is 10.4 Å². The molecule has 2 aliphatic heterocycles. The van der Waals surface area contributed by atoms with Gasteiger partial charge in [0.25, 0.3) is 11.5 Å². The van der Waals surface area contributed by atoms with Crippen LogP contribution in [-0.2, 0) is 13.1 Å². The Balaban J connectivity index is 1.59. The Kier molecular flexibility index (Phi) is 5.39. The molecule has 2 aliphatic rings. The minimum Gasteiger partial charge on any atom is -0.348 e. The first-order valence-electron chi connectivity index (χ1n) is 10.2. The van der Waals surface area contributed by atoms with Crippen LogP contribution in [0, 0.1) is 0 Å². The molecule has 32 heavy (non-hydrogen) atoms. The van der Waals surface area contributed by atoms with Gasteiger partial charge in [-0.05, 0) is 29.1 Å². The molecule has 0 atom stereocenters. The predicted molar refractivity (Wildman–Crippen MR) is 125 cm³/mol. The number of benzene rings is 2. The molecule has 2 aromatic carbocycles. The third kappa shape index (κ3) is 3.98. The van der Waals surface area contributed by atoms with Crippen LogP contribution in [0.15, 0.2) is 95.4 Å². The van der Waals surface area contributed by atoms with E-state index in [9.17, 15) is 9.59 Å². The molecule has 0 fully saturated rings. The van der Waals surface area contributed by atoms with Crippen molar-refractivity contribution in [1.29, 1.82) is 0 Å². The van der Waals surface area contributed by atoms with Crippen LogP contribution < -0.4 is 10.9 Å². The number of carbonyl (C=O) groups excluding carboxylic acids is 1. The summed E-state index contributed by atoms with van der Waals surface area (Å²) in [7, 11) is 0. The normalized spacial score (nSPS) is 11.0. The Morgan fingerprint density at radius 2 is 1.69 bits per heavy atom. The highest BCUT2D eigenvalue weighted by Crippen LogP contribution is 2.23. The minimum atomic E-state index is -0.261. The van der Waals surface area contributed by atoms with Crippen LogP contribution in [0.2, 0.25) is 0 Å². The van der Waals surface area contributed by atoms with E-state index in [1.54, 1.807) is 23.7 Å². The summed E-state index contributed by atoms with van der Waals surface area (Å²) >= 11 is 1.58. The van der Waals surface area contributed by atoms with E-state index >= 15 is 0 Å². The molecule has 158 valence electrons. The fourth-order valence-corrected chi connectivity index (χ4v) is 4.28. The van der Waals surface area contributed by atoms with Crippen molar-refractivity contribution >= 4 is 17.2 Å². The molecule has 0 saturated heterocycles. The van der Waals surface area contributed by atoms with Crippen LogP contribution >= 0.6 is 11.3 Å². The number of aromatic nitrogens is 3. The minimum absolute atomic E-state index is 0.249. The van der Waals surface area contributed by atoms with Gasteiger partial charge in [0, 0.05) is 23.8 Å². The Labute approximate surface area is 188 Å². The molecule has 1 N–H and O–H groups in total. The van der Waals surface area contributed by atoms with E-state index in [0.29, 0.717) is 35.6 Å². The van der Waals surface area contributed by atoms with Crippen molar-refractivity contribution < 1.29 is 4.79 Å². The van der Waals surface area contributed by atoms with Gasteiger partial charge in [0.1, 0.15) is 5.69 Å². The summed E-state index contributed by atoms with van der Waals surface area (Å²) < 4.78 is 3.23. The topological polar surface area (TPSA) is 68.9 Å². The molecular weight excluding hydrogens is 420 g/mol. The molecule has 0 saturated carbocycles. The fourth-order valence-electron chi connectivity index (χ4n) is 3.63. The molecule has 3 heterocycles. The molecule has 6 nitrogen and oxygen atoms in total. The molecule has 0 bridgehead atoms. The van der Waals surface area contributed by atoms with E-state index in [1.807, 2.05) is 82.7 Å². The number of fused-ring (bicyclic) bond motifs is 1. The maximum absolute atomic E-state index is 13.2. The second-order valence-electron chi connectivity index (χ2n) is 7.41. The average Bonchev–Trinajstić information content (AvgIpc) is 3.47. The summed E-state index contributed by atoms with van der Waals surface area (Å²) in [5, 5.41) is 9.46. The third-order valence-corrected chi connectivity index (χ3v) is 6.06. The second kappa shape index (κ2) is 8.64. The highest BCUT2D eigenvalue weighted by molar-refractivity contribution is 7.09. The lowest BCUT2D eigenvalue weighted by molar-refractivity contribution is 0.0951. The molecular formula is C25H20N4O2S. The average molecular weight is 441 g/mol.